The predicted octanol–water partition coefficient (Wildman–Crippen LogP) is 5.28. The molecule has 0 amide bonds. The summed E-state index contributed by atoms with van der Waals surface area (Å²) in [5.74, 6) is 0. The Hall–Kier alpha value is -1.15. The first-order valence-corrected chi connectivity index (χ1v) is 7.38. The van der Waals surface area contributed by atoms with E-state index in [1.165, 1.54) is 0 Å². The Morgan fingerprint density at radius 2 is 2.15 bits per heavy atom. The molecule has 1 N–H and O–H groups in total. The van der Waals surface area contributed by atoms with Crippen molar-refractivity contribution in [3.63, 3.8) is 0 Å². The largest absolute Gasteiger partial charge is 0.418 e. The highest BCUT2D eigenvalue weighted by molar-refractivity contribution is 9.10. The Bertz CT molecular complexity index is 664. The van der Waals surface area contributed by atoms with Crippen molar-refractivity contribution in [1.82, 2.24) is 4.98 Å². The van der Waals surface area contributed by atoms with Gasteiger partial charge >= 0.3 is 6.18 Å². The summed E-state index contributed by atoms with van der Waals surface area (Å²) in [6, 6.07) is 2.65. The number of rotatable bonds is 3. The predicted molar refractivity (Wildman–Crippen MR) is 79.3 cm³/mol. The van der Waals surface area contributed by atoms with Crippen LogP contribution in [0.25, 0.3) is 10.2 Å². The van der Waals surface area contributed by atoms with Gasteiger partial charge in [0.15, 0.2) is 0 Å². The van der Waals surface area contributed by atoms with Crippen LogP contribution in [0.5, 0.6) is 0 Å². The van der Waals surface area contributed by atoms with Crippen LogP contribution in [0.15, 0.2) is 21.7 Å². The zero-order chi connectivity index (χ0) is 14.9. The van der Waals surface area contributed by atoms with Crippen molar-refractivity contribution in [3.8, 4) is 0 Å². The summed E-state index contributed by atoms with van der Waals surface area (Å²) in [5, 5.41) is 4.39. The monoisotopic (exact) mass is 365 g/mol. The van der Waals surface area contributed by atoms with Crippen LogP contribution in [-0.2, 0) is 6.18 Å². The normalized spacial score (nSPS) is 13.0. The van der Waals surface area contributed by atoms with Crippen LogP contribution in [0.2, 0.25) is 0 Å². The molecule has 2 rings (SSSR count). The number of fused-ring (bicyclic) bond motifs is 1. The number of nitrogens with zero attached hydrogens (tertiary/aromatic N) is 2. The molecule has 0 atom stereocenters. The van der Waals surface area contributed by atoms with Crippen molar-refractivity contribution in [2.45, 2.75) is 26.4 Å². The van der Waals surface area contributed by atoms with E-state index in [9.17, 15) is 13.2 Å². The molecule has 1 aromatic heterocycles. The molecule has 0 bridgehead atoms. The van der Waals surface area contributed by atoms with E-state index in [0.717, 1.165) is 29.5 Å². The molecule has 0 fully saturated rings. The third-order valence-electron chi connectivity index (χ3n) is 2.62. The molecule has 0 saturated heterocycles. The molecule has 8 heteroatoms. The topological polar surface area (TPSA) is 37.3 Å². The van der Waals surface area contributed by atoms with Gasteiger partial charge in [-0.05, 0) is 25.5 Å². The van der Waals surface area contributed by atoms with E-state index in [1.54, 1.807) is 6.07 Å². The number of aromatic nitrogens is 1. The Balaban J connectivity index is 2.48. The van der Waals surface area contributed by atoms with E-state index in [2.05, 4.69) is 31.4 Å². The van der Waals surface area contributed by atoms with E-state index < -0.39 is 11.7 Å². The number of nitrogens with one attached hydrogen (secondary N) is 1. The first-order chi connectivity index (χ1) is 9.31. The maximum Gasteiger partial charge on any atom is 0.418 e. The van der Waals surface area contributed by atoms with Gasteiger partial charge in [-0.2, -0.15) is 18.3 Å². The number of thiazole rings is 1. The van der Waals surface area contributed by atoms with E-state index in [-0.39, 0.29) is 5.52 Å². The number of hydrogen-bond acceptors (Lipinski definition) is 4. The van der Waals surface area contributed by atoms with Crippen molar-refractivity contribution < 1.29 is 13.2 Å². The molecular formula is C12H11BrF3N3S. The highest BCUT2D eigenvalue weighted by Gasteiger charge is 2.34. The third kappa shape index (κ3) is 3.29. The Labute approximate surface area is 126 Å². The molecule has 0 aliphatic rings. The average Bonchev–Trinajstić information content (AvgIpc) is 2.76. The molecule has 0 aliphatic carbocycles. The highest BCUT2D eigenvalue weighted by atomic mass is 79.9. The number of hydrogen-bond donors (Lipinski definition) is 1. The molecular weight excluding hydrogens is 355 g/mol. The minimum absolute atomic E-state index is 0.0578. The summed E-state index contributed by atoms with van der Waals surface area (Å²) >= 11 is 4.22. The van der Waals surface area contributed by atoms with Crippen molar-refractivity contribution >= 4 is 48.3 Å². The van der Waals surface area contributed by atoms with Crippen molar-refractivity contribution in [1.29, 1.82) is 0 Å². The molecule has 0 spiro atoms. The second-order valence-corrected chi connectivity index (χ2v) is 6.08. The van der Waals surface area contributed by atoms with Gasteiger partial charge in [0.05, 0.1) is 15.8 Å². The number of anilines is 1. The van der Waals surface area contributed by atoms with Gasteiger partial charge in [0.25, 0.3) is 0 Å². The van der Waals surface area contributed by atoms with Crippen LogP contribution in [0, 0.1) is 0 Å². The van der Waals surface area contributed by atoms with Crippen LogP contribution < -0.4 is 5.43 Å². The average molecular weight is 366 g/mol. The first-order valence-electron chi connectivity index (χ1n) is 5.77. The quantitative estimate of drug-likeness (QED) is 0.593. The molecule has 0 saturated carbocycles. The first kappa shape index (κ1) is 15.2. The van der Waals surface area contributed by atoms with Gasteiger partial charge in [-0.3, -0.25) is 5.43 Å². The fourth-order valence-corrected chi connectivity index (χ4v) is 2.97. The lowest BCUT2D eigenvalue weighted by molar-refractivity contribution is -0.136. The second kappa shape index (κ2) is 5.69. The van der Waals surface area contributed by atoms with Crippen LogP contribution in [0.4, 0.5) is 18.3 Å². The maximum atomic E-state index is 13.0. The van der Waals surface area contributed by atoms with E-state index in [1.807, 2.05) is 13.8 Å². The summed E-state index contributed by atoms with van der Waals surface area (Å²) in [6.07, 6.45) is -3.67. The lowest BCUT2D eigenvalue weighted by Gasteiger charge is -2.07. The summed E-state index contributed by atoms with van der Waals surface area (Å²) in [6.45, 7) is 3.77. The molecule has 1 aromatic carbocycles. The minimum Gasteiger partial charge on any atom is -0.253 e. The van der Waals surface area contributed by atoms with Gasteiger partial charge in [0.2, 0.25) is 5.13 Å². The van der Waals surface area contributed by atoms with Gasteiger partial charge in [0, 0.05) is 10.2 Å². The van der Waals surface area contributed by atoms with E-state index in [0.29, 0.717) is 14.3 Å². The number of halogens is 4. The molecule has 3 nitrogen and oxygen atoms in total. The fourth-order valence-electron chi connectivity index (χ4n) is 1.48. The molecule has 1 heterocycles. The Morgan fingerprint density at radius 1 is 1.45 bits per heavy atom. The smallest absolute Gasteiger partial charge is 0.253 e. The number of benzene rings is 1. The lowest BCUT2D eigenvalue weighted by atomic mass is 10.2. The second-order valence-electron chi connectivity index (χ2n) is 4.13. The summed E-state index contributed by atoms with van der Waals surface area (Å²) < 4.78 is 39.7. The van der Waals surface area contributed by atoms with Gasteiger partial charge in [-0.1, -0.05) is 34.2 Å². The van der Waals surface area contributed by atoms with Crippen molar-refractivity contribution in [2.75, 3.05) is 5.43 Å². The molecule has 0 aliphatic heterocycles. The standard InChI is InChI=1S/C12H11BrF3N3S/c1-3-6(2)18-19-11-17-10-8(12(14,15)16)4-7(13)5-9(10)20-11/h4-5H,3H2,1-2H3,(H,17,19)/b18-6-. The SMILES string of the molecule is CC/C(C)=N\Nc1nc2c(C(F)(F)F)cc(Br)cc2s1. The number of hydrazone groups is 1. The van der Waals surface area contributed by atoms with Crippen molar-refractivity contribution in [2.24, 2.45) is 5.10 Å². The molecule has 108 valence electrons. The van der Waals surface area contributed by atoms with Gasteiger partial charge in [-0.25, -0.2) is 4.98 Å². The molecule has 2 aromatic rings. The summed E-state index contributed by atoms with van der Waals surface area (Å²) in [7, 11) is 0. The number of alkyl halides is 3. The van der Waals surface area contributed by atoms with E-state index in [4.69, 9.17) is 0 Å². The van der Waals surface area contributed by atoms with Crippen LogP contribution >= 0.6 is 27.3 Å². The van der Waals surface area contributed by atoms with Crippen LogP contribution in [0.1, 0.15) is 25.8 Å². The summed E-state index contributed by atoms with van der Waals surface area (Å²) in [5.41, 5.74) is 2.74. The van der Waals surface area contributed by atoms with Gasteiger partial charge in [-0.15, -0.1) is 0 Å². The zero-order valence-electron chi connectivity index (χ0n) is 10.7. The maximum absolute atomic E-state index is 13.0. The van der Waals surface area contributed by atoms with Gasteiger partial charge in [0.1, 0.15) is 0 Å². The van der Waals surface area contributed by atoms with Crippen LogP contribution in [0.3, 0.4) is 0 Å². The van der Waals surface area contributed by atoms with Crippen molar-refractivity contribution in [3.05, 3.63) is 22.2 Å². The Kier molecular flexibility index (Phi) is 4.33. The Morgan fingerprint density at radius 3 is 2.75 bits per heavy atom. The lowest BCUT2D eigenvalue weighted by Crippen LogP contribution is -2.05. The highest BCUT2D eigenvalue weighted by Crippen LogP contribution is 2.39. The van der Waals surface area contributed by atoms with Crippen LogP contribution in [-0.4, -0.2) is 10.7 Å². The zero-order valence-corrected chi connectivity index (χ0v) is 13.1. The fraction of sp³-hybridized carbons (Fsp3) is 0.333. The molecule has 0 radical (unpaired) electrons. The minimum atomic E-state index is -4.43. The van der Waals surface area contributed by atoms with Gasteiger partial charge < -0.3 is 0 Å². The summed E-state index contributed by atoms with van der Waals surface area (Å²) in [4.78, 5) is 3.99. The van der Waals surface area contributed by atoms with E-state index >= 15 is 0 Å². The third-order valence-corrected chi connectivity index (χ3v) is 3.98. The molecule has 0 unspecified atom stereocenters. The molecule has 20 heavy (non-hydrogen) atoms.